The second-order valence-corrected chi connectivity index (χ2v) is 4.64. The lowest BCUT2D eigenvalue weighted by molar-refractivity contribution is -0.115. The summed E-state index contributed by atoms with van der Waals surface area (Å²) in [5.74, 6) is -1.67. The third-order valence-electron chi connectivity index (χ3n) is 1.16. The molecule has 0 bridgehead atoms. The van der Waals surface area contributed by atoms with E-state index in [0.29, 0.717) is 13.2 Å². The topological polar surface area (TPSA) is 112 Å². The fourth-order valence-corrected chi connectivity index (χ4v) is 1.61. The second-order valence-electron chi connectivity index (χ2n) is 2.46. The fraction of sp³-hybridized carbons (Fsp3) is 0.833. The number of sulfone groups is 1. The van der Waals surface area contributed by atoms with Crippen molar-refractivity contribution in [1.82, 2.24) is 0 Å². The molecule has 0 heterocycles. The lowest BCUT2D eigenvalue weighted by Crippen LogP contribution is -2.26. The predicted octanol–water partition coefficient (Wildman–Crippen LogP) is -2.14. The third kappa shape index (κ3) is 7.69. The van der Waals surface area contributed by atoms with Crippen LogP contribution in [0.3, 0.4) is 0 Å². The quantitative estimate of drug-likeness (QED) is 0.466. The molecule has 7 heteroatoms. The molecule has 0 aromatic rings. The summed E-state index contributed by atoms with van der Waals surface area (Å²) in [5, 5.41) is 0. The lowest BCUT2D eigenvalue weighted by atomic mass is 10.7. The molecule has 0 rings (SSSR count). The van der Waals surface area contributed by atoms with E-state index in [2.05, 4.69) is 0 Å². The Kier molecular flexibility index (Phi) is 5.60. The zero-order valence-electron chi connectivity index (χ0n) is 7.23. The Hall–Kier alpha value is -0.660. The van der Waals surface area contributed by atoms with Crippen LogP contribution in [-0.4, -0.2) is 45.6 Å². The van der Waals surface area contributed by atoms with Crippen molar-refractivity contribution in [2.45, 2.75) is 0 Å². The van der Waals surface area contributed by atoms with Gasteiger partial charge in [-0.15, -0.1) is 0 Å². The number of carbonyl (C=O) groups is 1. The molecule has 0 radical (unpaired) electrons. The molecule has 0 aromatic heterocycles. The minimum atomic E-state index is -3.40. The Morgan fingerprint density at radius 1 is 1.31 bits per heavy atom. The van der Waals surface area contributed by atoms with E-state index in [0.717, 1.165) is 0 Å². The molecule has 0 spiro atoms. The maximum atomic E-state index is 11.0. The summed E-state index contributed by atoms with van der Waals surface area (Å²) in [6.45, 7) is 0.703. The third-order valence-corrected chi connectivity index (χ3v) is 2.68. The Bertz CT molecular complexity index is 249. The zero-order valence-corrected chi connectivity index (χ0v) is 8.05. The van der Waals surface area contributed by atoms with Gasteiger partial charge in [-0.25, -0.2) is 8.42 Å². The Morgan fingerprint density at radius 3 is 2.38 bits per heavy atom. The monoisotopic (exact) mass is 210 g/mol. The van der Waals surface area contributed by atoms with Gasteiger partial charge in [-0.2, -0.15) is 0 Å². The van der Waals surface area contributed by atoms with E-state index in [1.54, 1.807) is 0 Å². The smallest absolute Gasteiger partial charge is 0.232 e. The van der Waals surface area contributed by atoms with Crippen LogP contribution in [0.2, 0.25) is 0 Å². The molecule has 0 unspecified atom stereocenters. The van der Waals surface area contributed by atoms with Crippen LogP contribution in [-0.2, 0) is 19.4 Å². The van der Waals surface area contributed by atoms with Gasteiger partial charge in [0.2, 0.25) is 5.91 Å². The minimum absolute atomic E-state index is 0.0484. The molecule has 0 aliphatic carbocycles. The molecule has 78 valence electrons. The minimum Gasteiger partial charge on any atom is -0.379 e. The van der Waals surface area contributed by atoms with Crippen molar-refractivity contribution >= 4 is 15.7 Å². The highest BCUT2D eigenvalue weighted by atomic mass is 32.2. The van der Waals surface area contributed by atoms with Crippen LogP contribution in [0.15, 0.2) is 0 Å². The van der Waals surface area contributed by atoms with Crippen LogP contribution < -0.4 is 11.5 Å². The number of ether oxygens (including phenoxy) is 1. The SMILES string of the molecule is NCCOCCS(=O)(=O)CC(N)=O. The van der Waals surface area contributed by atoms with Crippen LogP contribution in [0.5, 0.6) is 0 Å². The molecule has 6 nitrogen and oxygen atoms in total. The number of amides is 1. The molecule has 4 N–H and O–H groups in total. The van der Waals surface area contributed by atoms with Gasteiger partial charge in [0.05, 0.1) is 19.0 Å². The van der Waals surface area contributed by atoms with Crippen molar-refractivity contribution in [3.8, 4) is 0 Å². The van der Waals surface area contributed by atoms with E-state index in [4.69, 9.17) is 16.2 Å². The van der Waals surface area contributed by atoms with Crippen LogP contribution in [0, 0.1) is 0 Å². The van der Waals surface area contributed by atoms with E-state index < -0.39 is 21.5 Å². The molecule has 1 amide bonds. The van der Waals surface area contributed by atoms with Crippen LogP contribution in [0.4, 0.5) is 0 Å². The van der Waals surface area contributed by atoms with Gasteiger partial charge >= 0.3 is 0 Å². The standard InChI is InChI=1S/C6H14N2O4S/c7-1-2-12-3-4-13(10,11)5-6(8)9/h1-5,7H2,(H2,8,9). The Morgan fingerprint density at radius 2 is 1.92 bits per heavy atom. The van der Waals surface area contributed by atoms with Gasteiger partial charge in [0.1, 0.15) is 5.75 Å². The summed E-state index contributed by atoms with van der Waals surface area (Å²) >= 11 is 0. The molecular weight excluding hydrogens is 196 g/mol. The van der Waals surface area contributed by atoms with Crippen molar-refractivity contribution in [1.29, 1.82) is 0 Å². The molecule has 13 heavy (non-hydrogen) atoms. The van der Waals surface area contributed by atoms with Crippen LogP contribution in [0.1, 0.15) is 0 Å². The number of primary amides is 1. The number of nitrogens with two attached hydrogens (primary N) is 2. The van der Waals surface area contributed by atoms with Gasteiger partial charge in [0.25, 0.3) is 0 Å². The number of rotatable bonds is 7. The summed E-state index contributed by atoms with van der Waals surface area (Å²) in [7, 11) is -3.40. The van der Waals surface area contributed by atoms with E-state index in [1.807, 2.05) is 0 Å². The van der Waals surface area contributed by atoms with Gasteiger partial charge in [-0.3, -0.25) is 4.79 Å². The van der Waals surface area contributed by atoms with E-state index in [1.165, 1.54) is 0 Å². The fourth-order valence-electron chi connectivity index (χ4n) is 0.660. The first-order valence-corrected chi connectivity index (χ1v) is 5.56. The molecule has 0 aliphatic rings. The average molecular weight is 210 g/mol. The van der Waals surface area contributed by atoms with Crippen molar-refractivity contribution < 1.29 is 17.9 Å². The normalized spacial score (nSPS) is 11.5. The number of carbonyl (C=O) groups excluding carboxylic acids is 1. The first-order valence-electron chi connectivity index (χ1n) is 3.74. The zero-order chi connectivity index (χ0) is 10.3. The Balaban J connectivity index is 3.71. The van der Waals surface area contributed by atoms with E-state index in [-0.39, 0.29) is 12.4 Å². The number of hydrogen-bond donors (Lipinski definition) is 2. The van der Waals surface area contributed by atoms with E-state index >= 15 is 0 Å². The highest BCUT2D eigenvalue weighted by Crippen LogP contribution is 1.89. The lowest BCUT2D eigenvalue weighted by Gasteiger charge is -2.02. The Labute approximate surface area is 77.1 Å². The first kappa shape index (κ1) is 12.3. The number of hydrogen-bond acceptors (Lipinski definition) is 5. The van der Waals surface area contributed by atoms with Crippen molar-refractivity contribution in [2.75, 3.05) is 31.3 Å². The molecule has 0 atom stereocenters. The van der Waals surface area contributed by atoms with Crippen LogP contribution in [0.25, 0.3) is 0 Å². The molecule has 0 saturated heterocycles. The highest BCUT2D eigenvalue weighted by Gasteiger charge is 2.13. The van der Waals surface area contributed by atoms with Gasteiger partial charge in [-0.1, -0.05) is 0 Å². The highest BCUT2D eigenvalue weighted by molar-refractivity contribution is 7.92. The van der Waals surface area contributed by atoms with Gasteiger partial charge in [0.15, 0.2) is 9.84 Å². The van der Waals surface area contributed by atoms with Crippen molar-refractivity contribution in [2.24, 2.45) is 11.5 Å². The van der Waals surface area contributed by atoms with Crippen molar-refractivity contribution in [3.05, 3.63) is 0 Å². The molecule has 0 aromatic carbocycles. The van der Waals surface area contributed by atoms with Crippen molar-refractivity contribution in [3.63, 3.8) is 0 Å². The molecule has 0 saturated carbocycles. The van der Waals surface area contributed by atoms with E-state index in [9.17, 15) is 13.2 Å². The summed E-state index contributed by atoms with van der Waals surface area (Å²) in [4.78, 5) is 10.3. The summed E-state index contributed by atoms with van der Waals surface area (Å²) in [6, 6.07) is 0. The summed E-state index contributed by atoms with van der Waals surface area (Å²) in [5.41, 5.74) is 9.84. The van der Waals surface area contributed by atoms with Gasteiger partial charge in [-0.05, 0) is 0 Å². The molecular formula is C6H14N2O4S. The first-order chi connectivity index (χ1) is 5.98. The largest absolute Gasteiger partial charge is 0.379 e. The summed E-state index contributed by atoms with van der Waals surface area (Å²) in [6.07, 6.45) is 0. The predicted molar refractivity (Wildman–Crippen MR) is 47.7 cm³/mol. The molecule has 0 aliphatic heterocycles. The van der Waals surface area contributed by atoms with Crippen LogP contribution >= 0.6 is 0 Å². The maximum Gasteiger partial charge on any atom is 0.232 e. The van der Waals surface area contributed by atoms with Gasteiger partial charge < -0.3 is 16.2 Å². The molecule has 0 fully saturated rings. The second kappa shape index (κ2) is 5.90. The maximum absolute atomic E-state index is 11.0. The average Bonchev–Trinajstić information content (AvgIpc) is 1.95. The summed E-state index contributed by atoms with van der Waals surface area (Å²) < 4.78 is 26.8. The van der Waals surface area contributed by atoms with Gasteiger partial charge in [0, 0.05) is 6.54 Å².